The molecule has 1 aromatic rings. The molecule has 0 radical (unpaired) electrons. The Morgan fingerprint density at radius 2 is 2.00 bits per heavy atom. The summed E-state index contributed by atoms with van der Waals surface area (Å²) >= 11 is 2.06. The van der Waals surface area contributed by atoms with Crippen molar-refractivity contribution in [3.63, 3.8) is 0 Å². The lowest BCUT2D eigenvalue weighted by molar-refractivity contribution is 0.0523. The van der Waals surface area contributed by atoms with Crippen LogP contribution in [0.3, 0.4) is 0 Å². The molecule has 3 rings (SSSR count). The van der Waals surface area contributed by atoms with Crippen LogP contribution in [0.1, 0.15) is 42.9 Å². The maximum absolute atomic E-state index is 12.6. The van der Waals surface area contributed by atoms with E-state index >= 15 is 0 Å². The Hall–Kier alpha value is -1.01. The van der Waals surface area contributed by atoms with E-state index in [9.17, 15) is 4.79 Å². The van der Waals surface area contributed by atoms with E-state index in [1.807, 2.05) is 11.0 Å². The molecule has 0 aliphatic carbocycles. The lowest BCUT2D eigenvalue weighted by atomic mass is 10.1. The second-order valence-electron chi connectivity index (χ2n) is 6.95. The van der Waals surface area contributed by atoms with Crippen LogP contribution in [0.15, 0.2) is 10.6 Å². The highest BCUT2D eigenvalue weighted by molar-refractivity contribution is 7.99. The van der Waals surface area contributed by atoms with Crippen molar-refractivity contribution in [3.8, 4) is 0 Å². The van der Waals surface area contributed by atoms with Crippen molar-refractivity contribution in [2.24, 2.45) is 5.92 Å². The van der Waals surface area contributed by atoms with Gasteiger partial charge in [-0.05, 0) is 36.7 Å². The Kier molecular flexibility index (Phi) is 5.64. The molecule has 5 nitrogen and oxygen atoms in total. The number of hydrogen-bond acceptors (Lipinski definition) is 5. The van der Waals surface area contributed by atoms with Gasteiger partial charge in [0.25, 0.3) is 5.91 Å². The van der Waals surface area contributed by atoms with Gasteiger partial charge in [-0.2, -0.15) is 11.8 Å². The second-order valence-corrected chi connectivity index (χ2v) is 8.18. The SMILES string of the molecule is CC(C)Cc1cc(C(=O)N2CCN(C3CCSCC3)CC2)on1. The Morgan fingerprint density at radius 3 is 2.65 bits per heavy atom. The van der Waals surface area contributed by atoms with Crippen molar-refractivity contribution in [1.29, 1.82) is 0 Å². The van der Waals surface area contributed by atoms with Gasteiger partial charge < -0.3 is 9.42 Å². The Bertz CT molecular complexity index is 518. The van der Waals surface area contributed by atoms with E-state index < -0.39 is 0 Å². The molecule has 0 aromatic carbocycles. The fraction of sp³-hybridized carbons (Fsp3) is 0.765. The van der Waals surface area contributed by atoms with E-state index in [-0.39, 0.29) is 5.91 Å². The van der Waals surface area contributed by atoms with Gasteiger partial charge in [0.05, 0.1) is 5.69 Å². The lowest BCUT2D eigenvalue weighted by Gasteiger charge is -2.40. The van der Waals surface area contributed by atoms with Gasteiger partial charge >= 0.3 is 0 Å². The summed E-state index contributed by atoms with van der Waals surface area (Å²) in [6.45, 7) is 7.83. The molecule has 0 atom stereocenters. The highest BCUT2D eigenvalue weighted by Gasteiger charge is 2.29. The Labute approximate surface area is 142 Å². The first kappa shape index (κ1) is 16.8. The molecule has 2 fully saturated rings. The molecule has 1 aromatic heterocycles. The van der Waals surface area contributed by atoms with Gasteiger partial charge in [-0.1, -0.05) is 19.0 Å². The molecule has 2 saturated heterocycles. The van der Waals surface area contributed by atoms with E-state index in [2.05, 4.69) is 35.7 Å². The molecule has 3 heterocycles. The number of hydrogen-bond donors (Lipinski definition) is 0. The molecule has 23 heavy (non-hydrogen) atoms. The summed E-state index contributed by atoms with van der Waals surface area (Å²) < 4.78 is 5.27. The van der Waals surface area contributed by atoms with E-state index in [4.69, 9.17) is 4.52 Å². The minimum atomic E-state index is -0.00800. The third-order valence-corrected chi connectivity index (χ3v) is 5.74. The van der Waals surface area contributed by atoms with Crippen LogP contribution in [-0.4, -0.2) is 64.6 Å². The zero-order valence-electron chi connectivity index (χ0n) is 14.2. The minimum Gasteiger partial charge on any atom is -0.351 e. The number of piperazine rings is 1. The largest absolute Gasteiger partial charge is 0.351 e. The molecular formula is C17H27N3O2S. The van der Waals surface area contributed by atoms with Crippen LogP contribution in [0, 0.1) is 5.92 Å². The summed E-state index contributed by atoms with van der Waals surface area (Å²) in [5.41, 5.74) is 0.877. The summed E-state index contributed by atoms with van der Waals surface area (Å²) in [6, 6.07) is 2.53. The topological polar surface area (TPSA) is 49.6 Å². The van der Waals surface area contributed by atoms with Crippen molar-refractivity contribution >= 4 is 17.7 Å². The molecule has 0 saturated carbocycles. The summed E-state index contributed by atoms with van der Waals surface area (Å²) in [4.78, 5) is 17.0. The van der Waals surface area contributed by atoms with Crippen LogP contribution in [0.2, 0.25) is 0 Å². The quantitative estimate of drug-likeness (QED) is 0.845. The molecule has 6 heteroatoms. The van der Waals surface area contributed by atoms with Crippen LogP contribution in [-0.2, 0) is 6.42 Å². The van der Waals surface area contributed by atoms with E-state index in [1.165, 1.54) is 24.3 Å². The van der Waals surface area contributed by atoms with Crippen LogP contribution in [0.25, 0.3) is 0 Å². The van der Waals surface area contributed by atoms with Crippen molar-refractivity contribution < 1.29 is 9.32 Å². The first-order valence-corrected chi connectivity index (χ1v) is 9.85. The number of carbonyl (C=O) groups excluding carboxylic acids is 1. The van der Waals surface area contributed by atoms with Gasteiger partial charge in [-0.3, -0.25) is 9.69 Å². The van der Waals surface area contributed by atoms with E-state index in [0.717, 1.165) is 44.3 Å². The summed E-state index contributed by atoms with van der Waals surface area (Å²) in [6.07, 6.45) is 3.43. The molecule has 128 valence electrons. The number of thioether (sulfide) groups is 1. The second kappa shape index (κ2) is 7.71. The van der Waals surface area contributed by atoms with Crippen LogP contribution in [0.4, 0.5) is 0 Å². The molecule has 0 bridgehead atoms. The number of nitrogens with zero attached hydrogens (tertiary/aromatic N) is 3. The molecule has 2 aliphatic rings. The highest BCUT2D eigenvalue weighted by Crippen LogP contribution is 2.23. The monoisotopic (exact) mass is 337 g/mol. The maximum atomic E-state index is 12.6. The average Bonchev–Trinajstić information content (AvgIpc) is 3.03. The van der Waals surface area contributed by atoms with Crippen LogP contribution < -0.4 is 0 Å². The number of amides is 1. The summed E-state index contributed by atoms with van der Waals surface area (Å²) in [7, 11) is 0. The molecule has 2 aliphatic heterocycles. The molecule has 0 N–H and O–H groups in total. The number of rotatable bonds is 4. The van der Waals surface area contributed by atoms with E-state index in [1.54, 1.807) is 0 Å². The fourth-order valence-corrected chi connectivity index (χ4v) is 4.50. The first-order valence-electron chi connectivity index (χ1n) is 8.70. The standard InChI is InChI=1S/C17H27N3O2S/c1-13(2)11-14-12-16(22-18-14)17(21)20-7-5-19(6-8-20)15-3-9-23-10-4-15/h12-13,15H,3-11H2,1-2H3. The zero-order valence-corrected chi connectivity index (χ0v) is 15.0. The third-order valence-electron chi connectivity index (χ3n) is 4.70. The van der Waals surface area contributed by atoms with Crippen LogP contribution in [0.5, 0.6) is 0 Å². The van der Waals surface area contributed by atoms with Gasteiger partial charge in [0.1, 0.15) is 0 Å². The summed E-state index contributed by atoms with van der Waals surface area (Å²) in [5, 5.41) is 4.03. The van der Waals surface area contributed by atoms with Gasteiger partial charge in [0.2, 0.25) is 5.76 Å². The normalized spacial score (nSPS) is 21.1. The van der Waals surface area contributed by atoms with Crippen molar-refractivity contribution in [3.05, 3.63) is 17.5 Å². The molecule has 0 spiro atoms. The maximum Gasteiger partial charge on any atom is 0.292 e. The van der Waals surface area contributed by atoms with Gasteiger partial charge in [0.15, 0.2) is 0 Å². The minimum absolute atomic E-state index is 0.00800. The van der Waals surface area contributed by atoms with Crippen molar-refractivity contribution in [2.45, 2.75) is 39.2 Å². The van der Waals surface area contributed by atoms with Crippen LogP contribution >= 0.6 is 11.8 Å². The van der Waals surface area contributed by atoms with E-state index in [0.29, 0.717) is 11.7 Å². The predicted octanol–water partition coefficient (Wildman–Crippen LogP) is 2.53. The molecular weight excluding hydrogens is 310 g/mol. The van der Waals surface area contributed by atoms with Gasteiger partial charge in [-0.15, -0.1) is 0 Å². The molecule has 0 unspecified atom stereocenters. The Balaban J connectivity index is 1.52. The highest BCUT2D eigenvalue weighted by atomic mass is 32.2. The third kappa shape index (κ3) is 4.29. The summed E-state index contributed by atoms with van der Waals surface area (Å²) in [5.74, 6) is 3.45. The smallest absolute Gasteiger partial charge is 0.292 e. The number of carbonyl (C=O) groups is 1. The molecule has 1 amide bonds. The number of aromatic nitrogens is 1. The van der Waals surface area contributed by atoms with Gasteiger partial charge in [0, 0.05) is 38.3 Å². The first-order chi connectivity index (χ1) is 11.1. The zero-order chi connectivity index (χ0) is 16.2. The van der Waals surface area contributed by atoms with Crippen molar-refractivity contribution in [1.82, 2.24) is 15.0 Å². The lowest BCUT2D eigenvalue weighted by Crippen LogP contribution is -2.52. The predicted molar refractivity (Wildman–Crippen MR) is 92.9 cm³/mol. The Morgan fingerprint density at radius 1 is 1.30 bits per heavy atom. The van der Waals surface area contributed by atoms with Gasteiger partial charge in [-0.25, -0.2) is 0 Å². The van der Waals surface area contributed by atoms with Crippen molar-refractivity contribution in [2.75, 3.05) is 37.7 Å². The average molecular weight is 337 g/mol. The fourth-order valence-electron chi connectivity index (χ4n) is 3.42.